The van der Waals surface area contributed by atoms with Gasteiger partial charge in [0.1, 0.15) is 16.5 Å². The summed E-state index contributed by atoms with van der Waals surface area (Å²) < 4.78 is 10.5. The van der Waals surface area contributed by atoms with Crippen LogP contribution in [0.25, 0.3) is 11.3 Å². The van der Waals surface area contributed by atoms with E-state index in [0.29, 0.717) is 18.0 Å². The van der Waals surface area contributed by atoms with E-state index in [4.69, 9.17) is 9.47 Å². The van der Waals surface area contributed by atoms with Gasteiger partial charge in [-0.2, -0.15) is 0 Å². The Labute approximate surface area is 156 Å². The number of rotatable bonds is 7. The van der Waals surface area contributed by atoms with Crippen molar-refractivity contribution in [2.75, 3.05) is 14.2 Å². The van der Waals surface area contributed by atoms with E-state index < -0.39 is 0 Å². The third-order valence-electron chi connectivity index (χ3n) is 3.90. The molecule has 134 valence electrons. The molecule has 0 aliphatic rings. The van der Waals surface area contributed by atoms with Crippen LogP contribution >= 0.6 is 11.3 Å². The van der Waals surface area contributed by atoms with Gasteiger partial charge in [0.2, 0.25) is 5.91 Å². The van der Waals surface area contributed by atoms with Gasteiger partial charge in [0.25, 0.3) is 0 Å². The van der Waals surface area contributed by atoms with Crippen molar-refractivity contribution in [3.05, 3.63) is 64.5 Å². The first-order valence-electron chi connectivity index (χ1n) is 8.17. The second-order valence-corrected chi connectivity index (χ2v) is 6.57. The van der Waals surface area contributed by atoms with Crippen LogP contribution in [-0.4, -0.2) is 25.1 Å². The van der Waals surface area contributed by atoms with Gasteiger partial charge in [-0.05, 0) is 18.2 Å². The lowest BCUT2D eigenvalue weighted by molar-refractivity contribution is -0.120. The van der Waals surface area contributed by atoms with Gasteiger partial charge in [0.05, 0.1) is 32.9 Å². The van der Waals surface area contributed by atoms with Gasteiger partial charge in [0, 0.05) is 16.5 Å². The Morgan fingerprint density at radius 3 is 2.65 bits per heavy atom. The number of aromatic nitrogens is 1. The number of thiazole rings is 1. The largest absolute Gasteiger partial charge is 0.497 e. The summed E-state index contributed by atoms with van der Waals surface area (Å²) in [6.45, 7) is 0.405. The number of methoxy groups -OCH3 is 2. The standard InChI is InChI=1S/C20H20N2O3S/c1-24-16-8-9-18(25-2)15(10-16)11-19(23)21-12-20-22-17(13-26-20)14-6-4-3-5-7-14/h3-10,13H,11-12H2,1-2H3,(H,21,23). The van der Waals surface area contributed by atoms with Crippen molar-refractivity contribution >= 4 is 17.2 Å². The Bertz CT molecular complexity index is 878. The smallest absolute Gasteiger partial charge is 0.224 e. The number of benzene rings is 2. The van der Waals surface area contributed by atoms with E-state index in [1.165, 1.54) is 11.3 Å². The molecule has 3 rings (SSSR count). The quantitative estimate of drug-likeness (QED) is 0.691. The van der Waals surface area contributed by atoms with Crippen molar-refractivity contribution < 1.29 is 14.3 Å². The second-order valence-electron chi connectivity index (χ2n) is 5.62. The van der Waals surface area contributed by atoms with Crippen molar-refractivity contribution in [3.8, 4) is 22.8 Å². The average molecular weight is 368 g/mol. The molecule has 2 aromatic carbocycles. The average Bonchev–Trinajstić information content (AvgIpc) is 3.16. The lowest BCUT2D eigenvalue weighted by Gasteiger charge is -2.10. The molecule has 0 aliphatic heterocycles. The highest BCUT2D eigenvalue weighted by atomic mass is 32.1. The minimum Gasteiger partial charge on any atom is -0.497 e. The van der Waals surface area contributed by atoms with Gasteiger partial charge in [-0.15, -0.1) is 11.3 Å². The van der Waals surface area contributed by atoms with Crippen LogP contribution in [0.3, 0.4) is 0 Å². The summed E-state index contributed by atoms with van der Waals surface area (Å²) in [5.74, 6) is 1.27. The van der Waals surface area contributed by atoms with E-state index in [-0.39, 0.29) is 12.3 Å². The van der Waals surface area contributed by atoms with Gasteiger partial charge >= 0.3 is 0 Å². The molecule has 0 bridgehead atoms. The van der Waals surface area contributed by atoms with Crippen LogP contribution in [-0.2, 0) is 17.8 Å². The minimum atomic E-state index is -0.0898. The van der Waals surface area contributed by atoms with Crippen LogP contribution in [0, 0.1) is 0 Å². The maximum Gasteiger partial charge on any atom is 0.224 e. The van der Waals surface area contributed by atoms with Crippen molar-refractivity contribution in [2.24, 2.45) is 0 Å². The van der Waals surface area contributed by atoms with E-state index in [2.05, 4.69) is 10.3 Å². The first-order valence-corrected chi connectivity index (χ1v) is 9.05. The highest BCUT2D eigenvalue weighted by Gasteiger charge is 2.11. The van der Waals surface area contributed by atoms with Gasteiger partial charge in [-0.3, -0.25) is 4.79 Å². The summed E-state index contributed by atoms with van der Waals surface area (Å²) in [6, 6.07) is 15.4. The summed E-state index contributed by atoms with van der Waals surface area (Å²) in [7, 11) is 3.18. The molecule has 0 fully saturated rings. The first kappa shape index (κ1) is 17.9. The Balaban J connectivity index is 1.61. The molecule has 0 atom stereocenters. The number of nitrogens with zero attached hydrogens (tertiary/aromatic N) is 1. The number of nitrogens with one attached hydrogen (secondary N) is 1. The molecule has 1 N–H and O–H groups in total. The summed E-state index contributed by atoms with van der Waals surface area (Å²) >= 11 is 1.54. The fourth-order valence-corrected chi connectivity index (χ4v) is 3.31. The van der Waals surface area contributed by atoms with Crippen LogP contribution < -0.4 is 14.8 Å². The normalized spacial score (nSPS) is 10.4. The number of carbonyl (C=O) groups excluding carboxylic acids is 1. The topological polar surface area (TPSA) is 60.5 Å². The number of carbonyl (C=O) groups is 1. The maximum absolute atomic E-state index is 12.3. The Morgan fingerprint density at radius 2 is 1.92 bits per heavy atom. The van der Waals surface area contributed by atoms with E-state index in [1.807, 2.05) is 41.8 Å². The number of ether oxygens (including phenoxy) is 2. The van der Waals surface area contributed by atoms with Gasteiger partial charge in [-0.1, -0.05) is 30.3 Å². The van der Waals surface area contributed by atoms with Gasteiger partial charge < -0.3 is 14.8 Å². The van der Waals surface area contributed by atoms with Crippen LogP contribution in [0.1, 0.15) is 10.6 Å². The third kappa shape index (κ3) is 4.40. The second kappa shape index (κ2) is 8.49. The number of hydrogen-bond acceptors (Lipinski definition) is 5. The number of amides is 1. The fraction of sp³-hybridized carbons (Fsp3) is 0.200. The van der Waals surface area contributed by atoms with Crippen molar-refractivity contribution in [1.82, 2.24) is 10.3 Å². The molecule has 6 heteroatoms. The van der Waals surface area contributed by atoms with Crippen LogP contribution in [0.4, 0.5) is 0 Å². The van der Waals surface area contributed by atoms with Crippen LogP contribution in [0.15, 0.2) is 53.9 Å². The Kier molecular flexibility index (Phi) is 5.86. The molecule has 0 saturated heterocycles. The zero-order valence-electron chi connectivity index (χ0n) is 14.7. The van der Waals surface area contributed by atoms with Crippen molar-refractivity contribution in [3.63, 3.8) is 0 Å². The monoisotopic (exact) mass is 368 g/mol. The molecule has 0 radical (unpaired) electrons. The molecule has 0 unspecified atom stereocenters. The van der Waals surface area contributed by atoms with E-state index in [9.17, 15) is 4.79 Å². The number of hydrogen-bond donors (Lipinski definition) is 1. The highest BCUT2D eigenvalue weighted by Crippen LogP contribution is 2.24. The molecule has 26 heavy (non-hydrogen) atoms. The van der Waals surface area contributed by atoms with Gasteiger partial charge in [0.15, 0.2) is 0 Å². The SMILES string of the molecule is COc1ccc(OC)c(CC(=O)NCc2nc(-c3ccccc3)cs2)c1. The zero-order chi connectivity index (χ0) is 18.4. The fourth-order valence-electron chi connectivity index (χ4n) is 2.56. The van der Waals surface area contributed by atoms with E-state index in [0.717, 1.165) is 21.8 Å². The summed E-state index contributed by atoms with van der Waals surface area (Å²) in [5.41, 5.74) is 2.78. The predicted molar refractivity (Wildman–Crippen MR) is 103 cm³/mol. The Hall–Kier alpha value is -2.86. The zero-order valence-corrected chi connectivity index (χ0v) is 15.5. The molecular weight excluding hydrogens is 348 g/mol. The molecule has 0 saturated carbocycles. The van der Waals surface area contributed by atoms with Gasteiger partial charge in [-0.25, -0.2) is 4.98 Å². The lowest BCUT2D eigenvalue weighted by atomic mass is 10.1. The lowest BCUT2D eigenvalue weighted by Crippen LogP contribution is -2.24. The summed E-state index contributed by atoms with van der Waals surface area (Å²) in [5, 5.41) is 5.79. The third-order valence-corrected chi connectivity index (χ3v) is 4.75. The predicted octanol–water partition coefficient (Wildman–Crippen LogP) is 3.69. The molecular formula is C20H20N2O3S. The summed E-state index contributed by atoms with van der Waals surface area (Å²) in [4.78, 5) is 16.9. The highest BCUT2D eigenvalue weighted by molar-refractivity contribution is 7.09. The van der Waals surface area contributed by atoms with E-state index in [1.54, 1.807) is 26.4 Å². The van der Waals surface area contributed by atoms with E-state index >= 15 is 0 Å². The van der Waals surface area contributed by atoms with Crippen molar-refractivity contribution in [2.45, 2.75) is 13.0 Å². The molecule has 3 aromatic rings. The molecule has 1 amide bonds. The molecule has 5 nitrogen and oxygen atoms in total. The maximum atomic E-state index is 12.3. The molecule has 1 aromatic heterocycles. The molecule has 0 aliphatic carbocycles. The van der Waals surface area contributed by atoms with Crippen LogP contribution in [0.2, 0.25) is 0 Å². The molecule has 1 heterocycles. The summed E-state index contributed by atoms with van der Waals surface area (Å²) in [6.07, 6.45) is 0.220. The first-order chi connectivity index (χ1) is 12.7. The minimum absolute atomic E-state index is 0.0898. The van der Waals surface area contributed by atoms with Crippen molar-refractivity contribution in [1.29, 1.82) is 0 Å². The van der Waals surface area contributed by atoms with Crippen LogP contribution in [0.5, 0.6) is 11.5 Å². The molecule has 0 spiro atoms. The Morgan fingerprint density at radius 1 is 1.12 bits per heavy atom.